The van der Waals surface area contributed by atoms with Crippen molar-refractivity contribution in [3.05, 3.63) is 33.9 Å². The Bertz CT molecular complexity index is 669. The average Bonchev–Trinajstić information content (AvgIpc) is 2.71. The van der Waals surface area contributed by atoms with Crippen LogP contribution in [0.15, 0.2) is 22.8 Å². The molecule has 3 rings (SSSR count). The number of carbonyl (C=O) groups is 1. The highest BCUT2D eigenvalue weighted by molar-refractivity contribution is 9.10. The lowest BCUT2D eigenvalue weighted by Gasteiger charge is -2.22. The first-order chi connectivity index (χ1) is 9.59. The van der Waals surface area contributed by atoms with Crippen LogP contribution in [-0.2, 0) is 7.05 Å². The Hall–Kier alpha value is -1.29. The molecule has 0 saturated heterocycles. The fourth-order valence-corrected chi connectivity index (χ4v) is 4.08. The monoisotopic (exact) mass is 335 g/mol. The third-order valence-corrected chi connectivity index (χ3v) is 5.39. The summed E-state index contributed by atoms with van der Waals surface area (Å²) in [5.41, 5.74) is 2.71. The fraction of sp³-hybridized carbons (Fsp3) is 0.438. The standard InChI is InChI=1S/C16H18BrNO2/c1-18-13-9-11(16(19)20)7-8-12(13)14(15(18)17)10-5-3-2-4-6-10/h7-10H,2-6H2,1H3,(H,19,20). The van der Waals surface area contributed by atoms with Gasteiger partial charge in [0, 0.05) is 18.0 Å². The molecule has 0 unspecified atom stereocenters. The maximum absolute atomic E-state index is 11.1. The van der Waals surface area contributed by atoms with Gasteiger partial charge >= 0.3 is 5.97 Å². The van der Waals surface area contributed by atoms with Crippen LogP contribution >= 0.6 is 15.9 Å². The van der Waals surface area contributed by atoms with Crippen molar-refractivity contribution in [2.75, 3.05) is 0 Å². The van der Waals surface area contributed by atoms with E-state index in [4.69, 9.17) is 5.11 Å². The molecule has 0 spiro atoms. The van der Waals surface area contributed by atoms with Crippen molar-refractivity contribution < 1.29 is 9.90 Å². The molecule has 1 fully saturated rings. The highest BCUT2D eigenvalue weighted by Gasteiger charge is 2.23. The Labute approximate surface area is 126 Å². The molecule has 1 saturated carbocycles. The van der Waals surface area contributed by atoms with Gasteiger partial charge in [-0.15, -0.1) is 0 Å². The van der Waals surface area contributed by atoms with E-state index in [-0.39, 0.29) is 0 Å². The van der Waals surface area contributed by atoms with Gasteiger partial charge in [0.05, 0.1) is 10.2 Å². The molecule has 0 radical (unpaired) electrons. The van der Waals surface area contributed by atoms with Gasteiger partial charge < -0.3 is 9.67 Å². The number of hydrogen-bond acceptors (Lipinski definition) is 1. The van der Waals surface area contributed by atoms with E-state index in [0.717, 1.165) is 10.1 Å². The van der Waals surface area contributed by atoms with E-state index < -0.39 is 5.97 Å². The molecular formula is C16H18BrNO2. The number of carboxylic acids is 1. The zero-order valence-electron chi connectivity index (χ0n) is 11.5. The molecule has 0 bridgehead atoms. The summed E-state index contributed by atoms with van der Waals surface area (Å²) in [6.07, 6.45) is 6.39. The van der Waals surface area contributed by atoms with Crippen molar-refractivity contribution in [2.24, 2.45) is 7.05 Å². The van der Waals surface area contributed by atoms with Gasteiger partial charge in [0.25, 0.3) is 0 Å². The van der Waals surface area contributed by atoms with Gasteiger partial charge in [-0.1, -0.05) is 25.3 Å². The van der Waals surface area contributed by atoms with Crippen LogP contribution < -0.4 is 0 Å². The first kappa shape index (κ1) is 13.7. The summed E-state index contributed by atoms with van der Waals surface area (Å²) < 4.78 is 3.16. The molecule has 1 aliphatic rings. The first-order valence-corrected chi connectivity index (χ1v) is 7.90. The minimum absolute atomic E-state index is 0.348. The van der Waals surface area contributed by atoms with Gasteiger partial charge in [0.2, 0.25) is 0 Å². The summed E-state index contributed by atoms with van der Waals surface area (Å²) in [6, 6.07) is 5.45. The normalized spacial score (nSPS) is 16.7. The quantitative estimate of drug-likeness (QED) is 0.865. The Morgan fingerprint density at radius 2 is 2.00 bits per heavy atom. The number of aromatic carboxylic acids is 1. The molecule has 3 nitrogen and oxygen atoms in total. The summed E-state index contributed by atoms with van der Waals surface area (Å²) in [7, 11) is 1.99. The second kappa shape index (κ2) is 5.24. The molecule has 0 amide bonds. The highest BCUT2D eigenvalue weighted by atomic mass is 79.9. The predicted octanol–water partition coefficient (Wildman–Crippen LogP) is 4.69. The van der Waals surface area contributed by atoms with Gasteiger partial charge in [-0.05, 0) is 52.4 Å². The Morgan fingerprint density at radius 1 is 1.30 bits per heavy atom. The zero-order valence-corrected chi connectivity index (χ0v) is 13.1. The number of nitrogens with zero attached hydrogens (tertiary/aromatic N) is 1. The van der Waals surface area contributed by atoms with Crippen molar-refractivity contribution in [2.45, 2.75) is 38.0 Å². The molecule has 0 atom stereocenters. The smallest absolute Gasteiger partial charge is 0.335 e. The second-order valence-corrected chi connectivity index (χ2v) is 6.39. The number of hydrogen-bond donors (Lipinski definition) is 1. The molecule has 2 aromatic rings. The van der Waals surface area contributed by atoms with Crippen LogP contribution in [0.1, 0.15) is 53.9 Å². The molecule has 106 valence electrons. The zero-order chi connectivity index (χ0) is 14.3. The second-order valence-electron chi connectivity index (χ2n) is 5.64. The number of fused-ring (bicyclic) bond motifs is 1. The number of halogens is 1. The van der Waals surface area contributed by atoms with Crippen LogP contribution in [0.5, 0.6) is 0 Å². The summed E-state index contributed by atoms with van der Waals surface area (Å²) in [6.45, 7) is 0. The SMILES string of the molecule is Cn1c(Br)c(C2CCCCC2)c2ccc(C(=O)O)cc21. The molecule has 1 aliphatic carbocycles. The highest BCUT2D eigenvalue weighted by Crippen LogP contribution is 2.41. The van der Waals surface area contributed by atoms with Gasteiger partial charge in [0.1, 0.15) is 0 Å². The van der Waals surface area contributed by atoms with Crippen LogP contribution in [0, 0.1) is 0 Å². The van der Waals surface area contributed by atoms with Crippen LogP contribution in [-0.4, -0.2) is 15.6 Å². The third-order valence-electron chi connectivity index (χ3n) is 4.43. The molecule has 0 aliphatic heterocycles. The molecule has 1 N–H and O–H groups in total. The average molecular weight is 336 g/mol. The first-order valence-electron chi connectivity index (χ1n) is 7.10. The number of rotatable bonds is 2. The van der Waals surface area contributed by atoms with Gasteiger partial charge in [-0.2, -0.15) is 0 Å². The summed E-state index contributed by atoms with van der Waals surface area (Å²) in [5, 5.41) is 10.3. The third kappa shape index (κ3) is 2.16. The van der Waals surface area contributed by atoms with Gasteiger partial charge in [0.15, 0.2) is 0 Å². The molecule has 1 aromatic carbocycles. The van der Waals surface area contributed by atoms with E-state index in [2.05, 4.69) is 20.5 Å². The lowest BCUT2D eigenvalue weighted by atomic mass is 9.84. The fourth-order valence-electron chi connectivity index (χ4n) is 3.35. The summed E-state index contributed by atoms with van der Waals surface area (Å²) in [5.74, 6) is -0.277. The van der Waals surface area contributed by atoms with Crippen LogP contribution in [0.2, 0.25) is 0 Å². The Kier molecular flexibility index (Phi) is 3.59. The number of aromatic nitrogens is 1. The number of carboxylic acid groups (broad SMARTS) is 1. The van der Waals surface area contributed by atoms with E-state index in [0.29, 0.717) is 11.5 Å². The minimum atomic E-state index is -0.872. The number of aryl methyl sites for hydroxylation is 1. The van der Waals surface area contributed by atoms with Crippen LogP contribution in [0.3, 0.4) is 0 Å². The lowest BCUT2D eigenvalue weighted by Crippen LogP contribution is -2.05. The Morgan fingerprint density at radius 3 is 2.65 bits per heavy atom. The molecule has 1 aromatic heterocycles. The largest absolute Gasteiger partial charge is 0.478 e. The van der Waals surface area contributed by atoms with Crippen molar-refractivity contribution in [3.63, 3.8) is 0 Å². The van der Waals surface area contributed by atoms with E-state index in [1.165, 1.54) is 43.1 Å². The predicted molar refractivity (Wildman–Crippen MR) is 83.4 cm³/mol. The van der Waals surface area contributed by atoms with Crippen molar-refractivity contribution in [1.29, 1.82) is 0 Å². The van der Waals surface area contributed by atoms with E-state index in [1.54, 1.807) is 12.1 Å². The maximum atomic E-state index is 11.1. The lowest BCUT2D eigenvalue weighted by molar-refractivity contribution is 0.0697. The topological polar surface area (TPSA) is 42.2 Å². The van der Waals surface area contributed by atoms with Crippen molar-refractivity contribution >= 4 is 32.8 Å². The summed E-state index contributed by atoms with van der Waals surface area (Å²) in [4.78, 5) is 11.1. The van der Waals surface area contributed by atoms with Gasteiger partial charge in [-0.3, -0.25) is 0 Å². The van der Waals surface area contributed by atoms with E-state index in [9.17, 15) is 4.79 Å². The maximum Gasteiger partial charge on any atom is 0.335 e. The molecule has 4 heteroatoms. The van der Waals surface area contributed by atoms with E-state index >= 15 is 0 Å². The van der Waals surface area contributed by atoms with Gasteiger partial charge in [-0.25, -0.2) is 4.79 Å². The number of benzene rings is 1. The van der Waals surface area contributed by atoms with Crippen LogP contribution in [0.25, 0.3) is 10.9 Å². The molecular weight excluding hydrogens is 318 g/mol. The van der Waals surface area contributed by atoms with Crippen molar-refractivity contribution in [3.8, 4) is 0 Å². The van der Waals surface area contributed by atoms with Crippen LogP contribution in [0.4, 0.5) is 0 Å². The minimum Gasteiger partial charge on any atom is -0.478 e. The molecule has 20 heavy (non-hydrogen) atoms. The van der Waals surface area contributed by atoms with Crippen molar-refractivity contribution in [1.82, 2.24) is 4.57 Å². The Balaban J connectivity index is 2.17. The summed E-state index contributed by atoms with van der Waals surface area (Å²) >= 11 is 3.71. The van der Waals surface area contributed by atoms with E-state index in [1.807, 2.05) is 13.1 Å². The molecule has 1 heterocycles.